The zero-order chi connectivity index (χ0) is 11.4. The van der Waals surface area contributed by atoms with E-state index in [1.54, 1.807) is 0 Å². The highest BCUT2D eigenvalue weighted by molar-refractivity contribution is 6.06. The minimum atomic E-state index is -1.16. The summed E-state index contributed by atoms with van der Waals surface area (Å²) in [6, 6.07) is 0. The molecule has 15 heavy (non-hydrogen) atoms. The summed E-state index contributed by atoms with van der Waals surface area (Å²) < 4.78 is 0. The molecule has 7 heteroatoms. The molecule has 0 aromatic carbocycles. The number of carbonyl (C=O) groups is 4. The van der Waals surface area contributed by atoms with E-state index in [4.69, 9.17) is 5.11 Å². The van der Waals surface area contributed by atoms with Crippen molar-refractivity contribution < 1.29 is 24.3 Å². The highest BCUT2D eigenvalue weighted by atomic mass is 16.4. The second-order valence-electron chi connectivity index (χ2n) is 3.14. The highest BCUT2D eigenvalue weighted by Crippen LogP contribution is 2.04. The predicted octanol–water partition coefficient (Wildman–Crippen LogP) is -2.01. The third kappa shape index (κ3) is 3.37. The number of rotatable bonds is 4. The van der Waals surface area contributed by atoms with Crippen LogP contribution in [-0.2, 0) is 19.2 Å². The summed E-state index contributed by atoms with van der Waals surface area (Å²) in [6.45, 7) is -0.827. The Hall–Kier alpha value is -1.92. The van der Waals surface area contributed by atoms with Crippen LogP contribution < -0.4 is 5.32 Å². The topological polar surface area (TPSA) is 104 Å². The van der Waals surface area contributed by atoms with Crippen molar-refractivity contribution in [2.75, 3.05) is 19.6 Å². The zero-order valence-corrected chi connectivity index (χ0v) is 7.86. The largest absolute Gasteiger partial charge is 0.480 e. The Labute approximate surface area is 85.0 Å². The Morgan fingerprint density at radius 2 is 2.07 bits per heavy atom. The first-order valence-electron chi connectivity index (χ1n) is 4.27. The van der Waals surface area contributed by atoms with Crippen molar-refractivity contribution in [1.82, 2.24) is 10.2 Å². The van der Waals surface area contributed by atoms with Crippen LogP contribution in [0, 0.1) is 0 Å². The number of nitrogens with one attached hydrogen (secondary N) is 1. The average molecular weight is 214 g/mol. The SMILES string of the molecule is O=C(O)CNC(=O)CN1CC(=O)CC1=O. The number of aliphatic carboxylic acids is 1. The van der Waals surface area contributed by atoms with Gasteiger partial charge in [-0.3, -0.25) is 19.2 Å². The molecule has 0 saturated carbocycles. The highest BCUT2D eigenvalue weighted by Gasteiger charge is 2.28. The molecule has 0 aromatic heterocycles. The average Bonchev–Trinajstić information content (AvgIpc) is 2.42. The van der Waals surface area contributed by atoms with Gasteiger partial charge in [0.05, 0.1) is 13.0 Å². The van der Waals surface area contributed by atoms with E-state index in [1.807, 2.05) is 0 Å². The fourth-order valence-corrected chi connectivity index (χ4v) is 1.18. The van der Waals surface area contributed by atoms with Gasteiger partial charge in [0.25, 0.3) is 0 Å². The van der Waals surface area contributed by atoms with Crippen LogP contribution >= 0.6 is 0 Å². The molecule has 1 rings (SSSR count). The minimum absolute atomic E-state index is 0.0701. The maximum absolute atomic E-state index is 11.1. The van der Waals surface area contributed by atoms with Crippen molar-refractivity contribution in [3.8, 4) is 0 Å². The quantitative estimate of drug-likeness (QED) is 0.526. The number of carbonyl (C=O) groups excluding carboxylic acids is 3. The summed E-state index contributed by atoms with van der Waals surface area (Å²) in [7, 11) is 0. The van der Waals surface area contributed by atoms with Gasteiger partial charge in [0.15, 0.2) is 5.78 Å². The van der Waals surface area contributed by atoms with E-state index in [0.29, 0.717) is 0 Å². The van der Waals surface area contributed by atoms with E-state index in [9.17, 15) is 19.2 Å². The first-order valence-corrected chi connectivity index (χ1v) is 4.27. The molecule has 1 saturated heterocycles. The molecule has 0 bridgehead atoms. The first-order chi connectivity index (χ1) is 6.99. The van der Waals surface area contributed by atoms with Gasteiger partial charge in [0.2, 0.25) is 11.8 Å². The molecule has 7 nitrogen and oxygen atoms in total. The molecular weight excluding hydrogens is 204 g/mol. The number of amides is 2. The lowest BCUT2D eigenvalue weighted by Gasteiger charge is -2.13. The molecule has 0 radical (unpaired) electrons. The summed E-state index contributed by atoms with van der Waals surface area (Å²) in [5.74, 6) is -2.37. The van der Waals surface area contributed by atoms with E-state index < -0.39 is 24.3 Å². The van der Waals surface area contributed by atoms with Crippen LogP contribution in [0.5, 0.6) is 0 Å². The number of likely N-dealkylation sites (tertiary alicyclic amines) is 1. The summed E-state index contributed by atoms with van der Waals surface area (Å²) in [5, 5.41) is 10.4. The van der Waals surface area contributed by atoms with E-state index in [2.05, 4.69) is 5.32 Å². The van der Waals surface area contributed by atoms with Gasteiger partial charge < -0.3 is 15.3 Å². The molecule has 0 aliphatic carbocycles. The first kappa shape index (κ1) is 11.2. The van der Waals surface area contributed by atoms with Crippen LogP contribution in [0.3, 0.4) is 0 Å². The smallest absolute Gasteiger partial charge is 0.322 e. The maximum atomic E-state index is 11.1. The molecular formula is C8H10N2O5. The molecule has 0 aromatic rings. The molecule has 0 spiro atoms. The van der Waals surface area contributed by atoms with Gasteiger partial charge in [-0.1, -0.05) is 0 Å². The minimum Gasteiger partial charge on any atom is -0.480 e. The van der Waals surface area contributed by atoms with Crippen LogP contribution in [0.25, 0.3) is 0 Å². The van der Waals surface area contributed by atoms with Gasteiger partial charge in [-0.25, -0.2) is 0 Å². The van der Waals surface area contributed by atoms with Crippen molar-refractivity contribution in [3.05, 3.63) is 0 Å². The van der Waals surface area contributed by atoms with E-state index >= 15 is 0 Å². The summed E-state index contributed by atoms with van der Waals surface area (Å²) in [4.78, 5) is 44.2. The van der Waals surface area contributed by atoms with E-state index in [0.717, 1.165) is 4.90 Å². The van der Waals surface area contributed by atoms with E-state index in [1.165, 1.54) is 0 Å². The molecule has 1 aliphatic rings. The Balaban J connectivity index is 2.35. The van der Waals surface area contributed by atoms with Crippen molar-refractivity contribution in [2.24, 2.45) is 0 Å². The second kappa shape index (κ2) is 4.54. The number of Topliss-reactive ketones (excluding diaryl/α,β-unsaturated/α-hetero) is 1. The Kier molecular flexibility index (Phi) is 3.37. The Morgan fingerprint density at radius 1 is 1.40 bits per heavy atom. The molecule has 0 unspecified atom stereocenters. The number of carboxylic acids is 1. The fraction of sp³-hybridized carbons (Fsp3) is 0.500. The lowest BCUT2D eigenvalue weighted by molar-refractivity contribution is -0.138. The molecule has 2 N–H and O–H groups in total. The van der Waals surface area contributed by atoms with Gasteiger partial charge in [-0.2, -0.15) is 0 Å². The molecule has 0 atom stereocenters. The van der Waals surface area contributed by atoms with Gasteiger partial charge in [0, 0.05) is 0 Å². The van der Waals surface area contributed by atoms with E-state index in [-0.39, 0.29) is 25.3 Å². The predicted molar refractivity (Wildman–Crippen MR) is 46.8 cm³/mol. The van der Waals surface area contributed by atoms with Gasteiger partial charge in [0.1, 0.15) is 13.1 Å². The standard InChI is InChI=1S/C8H10N2O5/c11-5-1-7(13)10(3-5)4-6(12)9-2-8(14)15/h1-4H2,(H,9,12)(H,14,15). The van der Waals surface area contributed by atoms with Crippen molar-refractivity contribution in [3.63, 3.8) is 0 Å². The molecule has 1 aliphatic heterocycles. The molecule has 1 heterocycles. The van der Waals surface area contributed by atoms with Crippen molar-refractivity contribution in [2.45, 2.75) is 6.42 Å². The Morgan fingerprint density at radius 3 is 2.53 bits per heavy atom. The number of nitrogens with zero attached hydrogens (tertiary/aromatic N) is 1. The van der Waals surface area contributed by atoms with Crippen LogP contribution in [-0.4, -0.2) is 53.2 Å². The second-order valence-corrected chi connectivity index (χ2v) is 3.14. The number of hydrogen-bond donors (Lipinski definition) is 2. The third-order valence-electron chi connectivity index (χ3n) is 1.84. The third-order valence-corrected chi connectivity index (χ3v) is 1.84. The summed E-state index contributed by atoms with van der Waals surface area (Å²) in [6.07, 6.45) is -0.174. The fourth-order valence-electron chi connectivity index (χ4n) is 1.18. The van der Waals surface area contributed by atoms with Crippen LogP contribution in [0.15, 0.2) is 0 Å². The monoisotopic (exact) mass is 214 g/mol. The molecule has 82 valence electrons. The Bertz CT molecular complexity index is 325. The van der Waals surface area contributed by atoms with Crippen molar-refractivity contribution in [1.29, 1.82) is 0 Å². The zero-order valence-electron chi connectivity index (χ0n) is 7.86. The van der Waals surface area contributed by atoms with Crippen LogP contribution in [0.2, 0.25) is 0 Å². The lowest BCUT2D eigenvalue weighted by atomic mass is 10.3. The van der Waals surface area contributed by atoms with Gasteiger partial charge in [-0.15, -0.1) is 0 Å². The number of carboxylic acid groups (broad SMARTS) is 1. The van der Waals surface area contributed by atoms with Crippen LogP contribution in [0.4, 0.5) is 0 Å². The summed E-state index contributed by atoms with van der Waals surface area (Å²) in [5.41, 5.74) is 0. The summed E-state index contributed by atoms with van der Waals surface area (Å²) >= 11 is 0. The molecule has 2 amide bonds. The normalized spacial score (nSPS) is 15.6. The molecule has 1 fully saturated rings. The number of ketones is 1. The number of hydrogen-bond acceptors (Lipinski definition) is 4. The van der Waals surface area contributed by atoms with Gasteiger partial charge >= 0.3 is 5.97 Å². The van der Waals surface area contributed by atoms with Crippen molar-refractivity contribution >= 4 is 23.6 Å². The van der Waals surface area contributed by atoms with Crippen LogP contribution in [0.1, 0.15) is 6.42 Å². The lowest BCUT2D eigenvalue weighted by Crippen LogP contribution is -2.39. The maximum Gasteiger partial charge on any atom is 0.322 e. The van der Waals surface area contributed by atoms with Gasteiger partial charge in [-0.05, 0) is 0 Å².